The second-order valence-electron chi connectivity index (χ2n) is 9.30. The Hall–Kier alpha value is -2.66. The molecule has 0 bridgehead atoms. The first-order valence-corrected chi connectivity index (χ1v) is 13.0. The molecule has 1 saturated carbocycles. The number of amides is 2. The molecule has 1 aliphatic heterocycles. The van der Waals surface area contributed by atoms with E-state index in [2.05, 4.69) is 10.0 Å². The number of carbonyl (C=O) groups is 1. The van der Waals surface area contributed by atoms with Gasteiger partial charge in [0.25, 0.3) is 6.43 Å². The van der Waals surface area contributed by atoms with Crippen molar-refractivity contribution >= 4 is 16.1 Å². The van der Waals surface area contributed by atoms with Crippen molar-refractivity contribution < 1.29 is 30.8 Å². The summed E-state index contributed by atoms with van der Waals surface area (Å²) in [5.74, 6) is -0.524. The highest BCUT2D eigenvalue weighted by molar-refractivity contribution is 7.89. The predicted octanol–water partition coefficient (Wildman–Crippen LogP) is 4.08. The fraction of sp³-hybridized carbons (Fsp3) is 0.458. The summed E-state index contributed by atoms with van der Waals surface area (Å²) in [6.07, 6.45) is -1.73. The fourth-order valence-electron chi connectivity index (χ4n) is 4.80. The van der Waals surface area contributed by atoms with Crippen molar-refractivity contribution in [2.45, 2.75) is 50.7 Å². The molecule has 35 heavy (non-hydrogen) atoms. The molecular weight excluding hydrogens is 486 g/mol. The maximum atomic E-state index is 15.6. The molecule has 3 atom stereocenters. The molecule has 2 fully saturated rings. The van der Waals surface area contributed by atoms with Crippen LogP contribution in [0, 0.1) is 11.2 Å². The summed E-state index contributed by atoms with van der Waals surface area (Å²) in [7, 11) is -4.29. The lowest BCUT2D eigenvalue weighted by Crippen LogP contribution is -2.53. The normalized spacial score (nSPS) is 21.9. The number of sulfonamides is 1. The Bertz CT molecular complexity index is 1180. The zero-order valence-electron chi connectivity index (χ0n) is 19.1. The summed E-state index contributed by atoms with van der Waals surface area (Å²) in [6.45, 7) is 1.26. The van der Waals surface area contributed by atoms with E-state index in [9.17, 15) is 26.4 Å². The lowest BCUT2D eigenvalue weighted by Gasteiger charge is -2.30. The summed E-state index contributed by atoms with van der Waals surface area (Å²) in [5.41, 5.74) is 0.571. The average molecular weight is 514 g/mol. The van der Waals surface area contributed by atoms with Crippen LogP contribution in [0.25, 0.3) is 11.1 Å². The number of urea groups is 1. The van der Waals surface area contributed by atoms with Crippen molar-refractivity contribution in [1.29, 1.82) is 0 Å². The maximum absolute atomic E-state index is 15.6. The number of likely N-dealkylation sites (tertiary alicyclic amines) is 1. The SMILES string of the molecule is CC(NC(=O)N1CC2(CC2)[C@H](NS(=O)(=O)CF)[C@@H]1Cc1cccc(-c2ccccc2)c1F)C(F)F. The molecule has 2 aromatic carbocycles. The lowest BCUT2D eigenvalue weighted by atomic mass is 9.91. The summed E-state index contributed by atoms with van der Waals surface area (Å²) < 4.78 is 81.5. The zero-order chi connectivity index (χ0) is 25.4. The Morgan fingerprint density at radius 2 is 1.83 bits per heavy atom. The average Bonchev–Trinajstić information content (AvgIpc) is 3.56. The molecule has 11 heteroatoms. The van der Waals surface area contributed by atoms with Gasteiger partial charge in [-0.15, -0.1) is 0 Å². The van der Waals surface area contributed by atoms with E-state index in [4.69, 9.17) is 0 Å². The van der Waals surface area contributed by atoms with Crippen LogP contribution in [0.4, 0.5) is 22.4 Å². The first kappa shape index (κ1) is 25.4. The van der Waals surface area contributed by atoms with E-state index in [1.54, 1.807) is 42.5 Å². The van der Waals surface area contributed by atoms with Gasteiger partial charge in [0, 0.05) is 23.6 Å². The minimum Gasteiger partial charge on any atom is -0.330 e. The monoisotopic (exact) mass is 513 g/mol. The second-order valence-corrected chi connectivity index (χ2v) is 11.0. The van der Waals surface area contributed by atoms with Crippen LogP contribution in [-0.4, -0.2) is 56.5 Å². The van der Waals surface area contributed by atoms with Crippen LogP contribution in [0.3, 0.4) is 0 Å². The Morgan fingerprint density at radius 3 is 2.43 bits per heavy atom. The number of rotatable bonds is 8. The van der Waals surface area contributed by atoms with E-state index in [0.29, 0.717) is 24.0 Å². The third-order valence-corrected chi connectivity index (χ3v) is 7.76. The van der Waals surface area contributed by atoms with Crippen LogP contribution < -0.4 is 10.0 Å². The highest BCUT2D eigenvalue weighted by Gasteiger charge is 2.61. The quantitative estimate of drug-likeness (QED) is 0.523. The number of halogens is 4. The molecule has 0 radical (unpaired) electrons. The van der Waals surface area contributed by atoms with Crippen LogP contribution >= 0.6 is 0 Å². The molecule has 2 amide bonds. The van der Waals surface area contributed by atoms with Gasteiger partial charge in [0.15, 0.2) is 0 Å². The molecule has 1 aliphatic carbocycles. The molecule has 1 heterocycles. The highest BCUT2D eigenvalue weighted by Crippen LogP contribution is 2.55. The van der Waals surface area contributed by atoms with Crippen LogP contribution in [0.15, 0.2) is 48.5 Å². The van der Waals surface area contributed by atoms with Crippen molar-refractivity contribution in [3.05, 3.63) is 59.9 Å². The minimum absolute atomic E-state index is 0.0792. The topological polar surface area (TPSA) is 78.5 Å². The number of carbonyl (C=O) groups excluding carboxylic acids is 1. The van der Waals surface area contributed by atoms with Crippen molar-refractivity contribution in [2.75, 3.05) is 12.6 Å². The van der Waals surface area contributed by atoms with Gasteiger partial charge in [-0.1, -0.05) is 48.5 Å². The van der Waals surface area contributed by atoms with E-state index in [1.807, 2.05) is 0 Å². The molecule has 190 valence electrons. The summed E-state index contributed by atoms with van der Waals surface area (Å²) in [4.78, 5) is 14.3. The summed E-state index contributed by atoms with van der Waals surface area (Å²) in [6, 6.07) is 8.01. The molecular formula is C24H27F4N3O3S. The fourth-order valence-corrected chi connectivity index (χ4v) is 5.65. The molecule has 0 aromatic heterocycles. The third kappa shape index (κ3) is 5.30. The number of nitrogens with one attached hydrogen (secondary N) is 2. The van der Waals surface area contributed by atoms with Crippen LogP contribution in [0.2, 0.25) is 0 Å². The van der Waals surface area contributed by atoms with Crippen LogP contribution in [0.5, 0.6) is 0 Å². The number of benzene rings is 2. The standard InChI is InChI=1S/C24H27F4N3O3S/c1-15(22(27)28)29-23(32)31-13-24(10-11-24)21(30-35(33,34)14-25)19(31)12-17-8-5-9-18(20(17)26)16-6-3-2-4-7-16/h2-9,15,19,21-22,30H,10-14H2,1H3,(H,29,32)/t15?,19-,21+/m0/s1. The number of hydrogen-bond acceptors (Lipinski definition) is 3. The second kappa shape index (κ2) is 9.77. The van der Waals surface area contributed by atoms with E-state index in [-0.39, 0.29) is 18.5 Å². The molecule has 6 nitrogen and oxygen atoms in total. The van der Waals surface area contributed by atoms with Gasteiger partial charge in [0.05, 0.1) is 12.1 Å². The van der Waals surface area contributed by atoms with Gasteiger partial charge in [0.2, 0.25) is 16.0 Å². The Balaban J connectivity index is 1.69. The van der Waals surface area contributed by atoms with E-state index >= 15 is 4.39 Å². The Labute approximate surface area is 201 Å². The summed E-state index contributed by atoms with van der Waals surface area (Å²) in [5, 5.41) is 2.24. The molecule has 2 N–H and O–H groups in total. The number of alkyl halides is 3. The van der Waals surface area contributed by atoms with Gasteiger partial charge >= 0.3 is 6.03 Å². The van der Waals surface area contributed by atoms with Gasteiger partial charge in [-0.05, 0) is 37.3 Å². The first-order chi connectivity index (χ1) is 16.6. The van der Waals surface area contributed by atoms with E-state index < -0.39 is 57.8 Å². The Kier molecular flexibility index (Phi) is 7.10. The highest BCUT2D eigenvalue weighted by atomic mass is 32.2. The maximum Gasteiger partial charge on any atom is 0.318 e. The smallest absolute Gasteiger partial charge is 0.318 e. The molecule has 2 aliphatic rings. The zero-order valence-corrected chi connectivity index (χ0v) is 19.9. The Morgan fingerprint density at radius 1 is 1.14 bits per heavy atom. The van der Waals surface area contributed by atoms with Gasteiger partial charge in [-0.3, -0.25) is 0 Å². The largest absolute Gasteiger partial charge is 0.330 e. The van der Waals surface area contributed by atoms with Gasteiger partial charge in [-0.25, -0.2) is 35.5 Å². The van der Waals surface area contributed by atoms with E-state index in [1.165, 1.54) is 11.0 Å². The van der Waals surface area contributed by atoms with E-state index in [0.717, 1.165) is 6.92 Å². The minimum atomic E-state index is -4.29. The van der Waals surface area contributed by atoms with Gasteiger partial charge in [0.1, 0.15) is 5.82 Å². The molecule has 1 unspecified atom stereocenters. The number of nitrogens with zero attached hydrogens (tertiary/aromatic N) is 1. The van der Waals surface area contributed by atoms with Crippen molar-refractivity contribution in [3.8, 4) is 11.1 Å². The van der Waals surface area contributed by atoms with Crippen molar-refractivity contribution in [3.63, 3.8) is 0 Å². The van der Waals surface area contributed by atoms with Crippen LogP contribution in [-0.2, 0) is 16.4 Å². The van der Waals surface area contributed by atoms with Gasteiger partial charge < -0.3 is 10.2 Å². The van der Waals surface area contributed by atoms with Crippen molar-refractivity contribution in [2.24, 2.45) is 5.41 Å². The molecule has 1 saturated heterocycles. The third-order valence-electron chi connectivity index (χ3n) is 6.85. The summed E-state index contributed by atoms with van der Waals surface area (Å²) >= 11 is 0. The van der Waals surface area contributed by atoms with Crippen molar-refractivity contribution in [1.82, 2.24) is 14.9 Å². The lowest BCUT2D eigenvalue weighted by molar-refractivity contribution is 0.102. The first-order valence-electron chi connectivity index (χ1n) is 11.3. The molecule has 2 aromatic rings. The molecule has 4 rings (SSSR count). The molecule has 1 spiro atoms. The predicted molar refractivity (Wildman–Crippen MR) is 124 cm³/mol. The number of hydrogen-bond donors (Lipinski definition) is 2. The van der Waals surface area contributed by atoms with Gasteiger partial charge in [-0.2, -0.15) is 0 Å². The van der Waals surface area contributed by atoms with Crippen LogP contribution in [0.1, 0.15) is 25.3 Å².